The minimum atomic E-state index is -0.256. The lowest BCUT2D eigenvalue weighted by molar-refractivity contribution is 0.0958. The summed E-state index contributed by atoms with van der Waals surface area (Å²) >= 11 is 0. The van der Waals surface area contributed by atoms with Gasteiger partial charge in [-0.3, -0.25) is 19.1 Å². The number of fused-ring (bicyclic) bond motifs is 2. The third-order valence-corrected chi connectivity index (χ3v) is 4.61. The van der Waals surface area contributed by atoms with Gasteiger partial charge < -0.3 is 15.6 Å². The second kappa shape index (κ2) is 5.67. The van der Waals surface area contributed by atoms with Crippen LogP contribution in [0.1, 0.15) is 49.8 Å². The number of anilines is 1. The lowest BCUT2D eigenvalue weighted by Crippen LogP contribution is -2.32. The monoisotopic (exact) mass is 366 g/mol. The summed E-state index contributed by atoms with van der Waals surface area (Å²) in [4.78, 5) is 37.3. The Kier molecular flexibility index (Phi) is 3.62. The molecule has 3 aromatic rings. The fourth-order valence-corrected chi connectivity index (χ4v) is 3.32. The van der Waals surface area contributed by atoms with E-state index >= 15 is 0 Å². The van der Waals surface area contributed by atoms with Gasteiger partial charge in [-0.05, 0) is 39.8 Å². The minimum Gasteiger partial charge on any atom is -0.355 e. The van der Waals surface area contributed by atoms with Crippen LogP contribution >= 0.6 is 0 Å². The topological polar surface area (TPSA) is 105 Å². The van der Waals surface area contributed by atoms with Gasteiger partial charge in [0.2, 0.25) is 5.95 Å². The van der Waals surface area contributed by atoms with E-state index in [2.05, 4.69) is 25.6 Å². The molecule has 0 fully saturated rings. The first kappa shape index (κ1) is 17.3. The van der Waals surface area contributed by atoms with Gasteiger partial charge in [-0.1, -0.05) is 0 Å². The van der Waals surface area contributed by atoms with Crippen molar-refractivity contribution in [1.29, 1.82) is 0 Å². The van der Waals surface area contributed by atoms with E-state index in [9.17, 15) is 9.59 Å². The second-order valence-corrected chi connectivity index (χ2v) is 7.94. The maximum Gasteiger partial charge on any atom is 0.262 e. The Balaban J connectivity index is 1.95. The molecule has 0 bridgehead atoms. The van der Waals surface area contributed by atoms with E-state index in [1.165, 1.54) is 4.57 Å². The summed E-state index contributed by atoms with van der Waals surface area (Å²) in [5, 5.41) is 6.60. The molecule has 0 unspecified atom stereocenters. The van der Waals surface area contributed by atoms with Crippen molar-refractivity contribution in [2.24, 2.45) is 7.05 Å². The fourth-order valence-electron chi connectivity index (χ4n) is 3.32. The summed E-state index contributed by atoms with van der Waals surface area (Å²) in [5.41, 5.74) is 2.75. The molecule has 3 aromatic heterocycles. The Labute approximate surface area is 156 Å². The molecule has 8 heteroatoms. The number of hydrogen-bond donors (Lipinski definition) is 3. The first-order valence-electron chi connectivity index (χ1n) is 8.84. The molecule has 1 aliphatic rings. The van der Waals surface area contributed by atoms with E-state index in [1.54, 1.807) is 25.4 Å². The number of rotatable bonds is 2. The van der Waals surface area contributed by atoms with Crippen LogP contribution in [0.5, 0.6) is 0 Å². The molecule has 3 N–H and O–H groups in total. The van der Waals surface area contributed by atoms with Gasteiger partial charge in [-0.2, -0.15) is 0 Å². The Morgan fingerprint density at radius 3 is 2.67 bits per heavy atom. The predicted octanol–water partition coefficient (Wildman–Crippen LogP) is 2.34. The van der Waals surface area contributed by atoms with Crippen LogP contribution < -0.4 is 16.2 Å². The highest BCUT2D eigenvalue weighted by molar-refractivity contribution is 6.01. The number of amides is 1. The number of hydrogen-bond acceptors (Lipinski definition) is 5. The highest BCUT2D eigenvalue weighted by Crippen LogP contribution is 2.31. The van der Waals surface area contributed by atoms with Crippen LogP contribution in [0.4, 0.5) is 5.95 Å². The van der Waals surface area contributed by atoms with Crippen LogP contribution in [0, 0.1) is 0 Å². The Morgan fingerprint density at radius 1 is 1.26 bits per heavy atom. The lowest BCUT2D eigenvalue weighted by Gasteiger charge is -2.23. The van der Waals surface area contributed by atoms with Crippen LogP contribution in [0.2, 0.25) is 0 Å². The number of aromatic nitrogens is 4. The number of pyridine rings is 1. The Hall–Kier alpha value is -3.16. The van der Waals surface area contributed by atoms with Crippen LogP contribution in [-0.2, 0) is 7.05 Å². The van der Waals surface area contributed by atoms with Gasteiger partial charge >= 0.3 is 0 Å². The first-order chi connectivity index (χ1) is 12.7. The van der Waals surface area contributed by atoms with E-state index in [4.69, 9.17) is 0 Å². The van der Waals surface area contributed by atoms with Crippen LogP contribution in [0.3, 0.4) is 0 Å². The van der Waals surface area contributed by atoms with E-state index in [-0.39, 0.29) is 23.0 Å². The molecule has 1 aliphatic heterocycles. The molecule has 27 heavy (non-hydrogen) atoms. The largest absolute Gasteiger partial charge is 0.355 e. The van der Waals surface area contributed by atoms with Gasteiger partial charge in [0.05, 0.1) is 28.4 Å². The summed E-state index contributed by atoms with van der Waals surface area (Å²) in [5.74, 6) is 0.360. The van der Waals surface area contributed by atoms with Crippen molar-refractivity contribution in [3.63, 3.8) is 0 Å². The van der Waals surface area contributed by atoms with Gasteiger partial charge in [-0.15, -0.1) is 0 Å². The lowest BCUT2D eigenvalue weighted by atomic mass is 10.1. The zero-order valence-electron chi connectivity index (χ0n) is 16.0. The number of carbonyl (C=O) groups is 1. The third kappa shape index (κ3) is 2.77. The standard InChI is InChI=1S/C19H22N6O2/c1-9-13-11(16(26)21-9)8-12(22-13)15-14-10(6-7-20-15)17(27)25(5)18(23-14)24-19(2,3)4/h6-9,22H,1-5H3,(H,21,26)(H,23,24)/t9-/m1/s1. The number of nitrogens with zero attached hydrogens (tertiary/aromatic N) is 3. The van der Waals surface area contributed by atoms with Crippen LogP contribution in [0.25, 0.3) is 22.3 Å². The molecule has 1 amide bonds. The maximum atomic E-state index is 12.8. The normalized spacial score (nSPS) is 16.5. The molecule has 4 rings (SSSR count). The molecule has 0 spiro atoms. The third-order valence-electron chi connectivity index (χ3n) is 4.61. The summed E-state index contributed by atoms with van der Waals surface area (Å²) in [6.07, 6.45) is 1.59. The average molecular weight is 366 g/mol. The molecule has 0 aromatic carbocycles. The molecule has 8 nitrogen and oxygen atoms in total. The van der Waals surface area contributed by atoms with Gasteiger partial charge in [0, 0.05) is 18.8 Å². The maximum absolute atomic E-state index is 12.8. The number of H-pyrrole nitrogens is 1. The van der Waals surface area contributed by atoms with Crippen molar-refractivity contribution in [2.45, 2.75) is 39.3 Å². The molecule has 0 radical (unpaired) electrons. The number of aromatic amines is 1. The molecular weight excluding hydrogens is 344 g/mol. The first-order valence-corrected chi connectivity index (χ1v) is 8.84. The molecule has 0 saturated heterocycles. The summed E-state index contributed by atoms with van der Waals surface area (Å²) in [6.45, 7) is 7.93. The van der Waals surface area contributed by atoms with Gasteiger partial charge in [-0.25, -0.2) is 4.98 Å². The van der Waals surface area contributed by atoms with Crippen molar-refractivity contribution in [3.8, 4) is 11.4 Å². The summed E-state index contributed by atoms with van der Waals surface area (Å²) < 4.78 is 1.50. The molecule has 140 valence electrons. The van der Waals surface area contributed by atoms with E-state index in [0.29, 0.717) is 33.8 Å². The zero-order chi connectivity index (χ0) is 19.5. The van der Waals surface area contributed by atoms with E-state index in [1.807, 2.05) is 27.7 Å². The second-order valence-electron chi connectivity index (χ2n) is 7.94. The highest BCUT2D eigenvalue weighted by atomic mass is 16.2. The summed E-state index contributed by atoms with van der Waals surface area (Å²) in [7, 11) is 1.69. The van der Waals surface area contributed by atoms with Crippen molar-refractivity contribution in [3.05, 3.63) is 39.9 Å². The smallest absolute Gasteiger partial charge is 0.262 e. The van der Waals surface area contributed by atoms with E-state index < -0.39 is 0 Å². The highest BCUT2D eigenvalue weighted by Gasteiger charge is 2.29. The zero-order valence-corrected chi connectivity index (χ0v) is 16.0. The van der Waals surface area contributed by atoms with Crippen molar-refractivity contribution >= 4 is 22.8 Å². The van der Waals surface area contributed by atoms with Crippen molar-refractivity contribution < 1.29 is 4.79 Å². The molecular formula is C19H22N6O2. The number of carbonyl (C=O) groups excluding carboxylic acids is 1. The fraction of sp³-hybridized carbons (Fsp3) is 0.368. The van der Waals surface area contributed by atoms with Gasteiger partial charge in [0.25, 0.3) is 11.5 Å². The van der Waals surface area contributed by atoms with Crippen LogP contribution in [0.15, 0.2) is 23.1 Å². The Bertz CT molecular complexity index is 1140. The average Bonchev–Trinajstić information content (AvgIpc) is 3.13. The van der Waals surface area contributed by atoms with Gasteiger partial charge in [0.1, 0.15) is 11.2 Å². The molecule has 0 aliphatic carbocycles. The quantitative estimate of drug-likeness (QED) is 0.646. The van der Waals surface area contributed by atoms with E-state index in [0.717, 1.165) is 5.69 Å². The molecule has 1 atom stereocenters. The Morgan fingerprint density at radius 2 is 2.00 bits per heavy atom. The molecule has 0 saturated carbocycles. The summed E-state index contributed by atoms with van der Waals surface area (Å²) in [6, 6.07) is 3.35. The molecule has 4 heterocycles. The van der Waals surface area contributed by atoms with Crippen molar-refractivity contribution in [1.82, 2.24) is 24.8 Å². The SMILES string of the molecule is C[C@H]1NC(=O)c2cc(-c3nccc4c(=O)n(C)c(NC(C)(C)C)nc34)[nH]c21. The predicted molar refractivity (Wildman–Crippen MR) is 104 cm³/mol. The number of nitrogens with one attached hydrogen (secondary N) is 3. The van der Waals surface area contributed by atoms with Gasteiger partial charge in [0.15, 0.2) is 0 Å². The van der Waals surface area contributed by atoms with Crippen LogP contribution in [-0.4, -0.2) is 31.0 Å². The van der Waals surface area contributed by atoms with Crippen molar-refractivity contribution in [2.75, 3.05) is 5.32 Å². The minimum absolute atomic E-state index is 0.0878.